The van der Waals surface area contributed by atoms with Crippen LogP contribution in [0.4, 0.5) is 5.69 Å². The van der Waals surface area contributed by atoms with Gasteiger partial charge in [-0.3, -0.25) is 0 Å². The number of fused-ring (bicyclic) bond motifs is 1. The van der Waals surface area contributed by atoms with Gasteiger partial charge in [0.25, 0.3) is 0 Å². The van der Waals surface area contributed by atoms with Gasteiger partial charge < -0.3 is 4.90 Å². The van der Waals surface area contributed by atoms with Crippen molar-refractivity contribution in [2.24, 2.45) is 0 Å². The first-order valence-electron chi connectivity index (χ1n) is 4.87. The molecule has 1 aromatic carbocycles. The van der Waals surface area contributed by atoms with Gasteiger partial charge in [0.15, 0.2) is 0 Å². The van der Waals surface area contributed by atoms with E-state index in [1.165, 1.54) is 11.3 Å². The monoisotopic (exact) mass is 211 g/mol. The molecule has 1 aliphatic heterocycles. The molecule has 1 atom stereocenters. The lowest BCUT2D eigenvalue weighted by atomic mass is 9.81. The largest absolute Gasteiger partial charge is 0.371 e. The van der Waals surface area contributed by atoms with E-state index in [-0.39, 0.29) is 17.8 Å². The number of benzene rings is 1. The van der Waals surface area contributed by atoms with Gasteiger partial charge in [0, 0.05) is 24.2 Å². The van der Waals surface area contributed by atoms with Gasteiger partial charge in [-0.1, -0.05) is 32.0 Å². The van der Waals surface area contributed by atoms with Crippen LogP contribution >= 0.6 is 12.4 Å². The van der Waals surface area contributed by atoms with Crippen LogP contribution in [0, 0.1) is 0 Å². The number of likely N-dealkylation sites (N-methyl/N-ethyl adjacent to an activating group) is 1. The molecule has 1 unspecified atom stereocenters. The molecule has 2 rings (SSSR count). The average Bonchev–Trinajstić information content (AvgIpc) is 2.30. The van der Waals surface area contributed by atoms with E-state index in [0.29, 0.717) is 6.04 Å². The number of hydrogen-bond donors (Lipinski definition) is 0. The summed E-state index contributed by atoms with van der Waals surface area (Å²) < 4.78 is 0. The second-order valence-electron chi connectivity index (χ2n) is 4.53. The Hall–Kier alpha value is -0.690. The zero-order chi connectivity index (χ0) is 9.64. The minimum Gasteiger partial charge on any atom is -0.371 e. The third-order valence-electron chi connectivity index (χ3n) is 3.60. The van der Waals surface area contributed by atoms with Crippen molar-refractivity contribution < 1.29 is 0 Å². The first-order valence-corrected chi connectivity index (χ1v) is 4.87. The zero-order valence-electron chi connectivity index (χ0n) is 9.24. The zero-order valence-corrected chi connectivity index (χ0v) is 10.1. The van der Waals surface area contributed by atoms with Crippen molar-refractivity contribution >= 4 is 18.1 Å². The predicted octanol–water partition coefficient (Wildman–Crippen LogP) is 3.22. The minimum atomic E-state index is 0. The third kappa shape index (κ3) is 1.31. The Labute approximate surface area is 92.5 Å². The van der Waals surface area contributed by atoms with E-state index in [1.807, 2.05) is 0 Å². The Morgan fingerprint density at radius 1 is 1.21 bits per heavy atom. The van der Waals surface area contributed by atoms with E-state index >= 15 is 0 Å². The molecule has 0 aromatic heterocycles. The second-order valence-corrected chi connectivity index (χ2v) is 4.53. The van der Waals surface area contributed by atoms with Gasteiger partial charge in [-0.05, 0) is 18.6 Å². The van der Waals surface area contributed by atoms with Crippen molar-refractivity contribution in [1.82, 2.24) is 0 Å². The lowest BCUT2D eigenvalue weighted by Gasteiger charge is -2.28. The quantitative estimate of drug-likeness (QED) is 0.637. The summed E-state index contributed by atoms with van der Waals surface area (Å²) in [5, 5.41) is 0. The second kappa shape index (κ2) is 3.47. The van der Waals surface area contributed by atoms with Crippen LogP contribution in [0.5, 0.6) is 0 Å². The number of para-hydroxylation sites is 1. The molecule has 0 N–H and O–H groups in total. The summed E-state index contributed by atoms with van der Waals surface area (Å²) in [6.45, 7) is 6.93. The number of nitrogens with zero attached hydrogens (tertiary/aromatic N) is 1. The molecule has 0 spiro atoms. The van der Waals surface area contributed by atoms with Gasteiger partial charge in [-0.15, -0.1) is 12.4 Å². The number of anilines is 1. The normalized spacial score (nSPS) is 22.9. The molecule has 1 aliphatic rings. The number of rotatable bonds is 0. The molecular weight excluding hydrogens is 194 g/mol. The third-order valence-corrected chi connectivity index (χ3v) is 3.60. The van der Waals surface area contributed by atoms with E-state index in [9.17, 15) is 0 Å². The van der Waals surface area contributed by atoms with E-state index in [0.717, 1.165) is 0 Å². The summed E-state index contributed by atoms with van der Waals surface area (Å²) in [4.78, 5) is 2.37. The van der Waals surface area contributed by atoms with Crippen molar-refractivity contribution in [1.29, 1.82) is 0 Å². The maximum absolute atomic E-state index is 2.37. The van der Waals surface area contributed by atoms with Crippen molar-refractivity contribution in [2.75, 3.05) is 11.9 Å². The summed E-state index contributed by atoms with van der Waals surface area (Å²) in [7, 11) is 2.18. The molecule has 0 fully saturated rings. The van der Waals surface area contributed by atoms with E-state index < -0.39 is 0 Å². The Morgan fingerprint density at radius 2 is 1.79 bits per heavy atom. The lowest BCUT2D eigenvalue weighted by Crippen LogP contribution is -2.36. The lowest BCUT2D eigenvalue weighted by molar-refractivity contribution is 0.454. The molecule has 0 aliphatic carbocycles. The van der Waals surface area contributed by atoms with Crippen molar-refractivity contribution in [2.45, 2.75) is 32.2 Å². The van der Waals surface area contributed by atoms with Gasteiger partial charge >= 0.3 is 0 Å². The maximum Gasteiger partial charge on any atom is 0.0405 e. The fourth-order valence-electron chi connectivity index (χ4n) is 2.24. The molecule has 78 valence electrons. The smallest absolute Gasteiger partial charge is 0.0405 e. The number of halogens is 1. The average molecular weight is 212 g/mol. The topological polar surface area (TPSA) is 3.24 Å². The highest BCUT2D eigenvalue weighted by atomic mass is 35.5. The molecule has 1 aromatic rings. The van der Waals surface area contributed by atoms with Gasteiger partial charge in [-0.2, -0.15) is 0 Å². The van der Waals surface area contributed by atoms with Gasteiger partial charge in [0.1, 0.15) is 0 Å². The Kier molecular flexibility index (Phi) is 2.82. The van der Waals surface area contributed by atoms with Crippen LogP contribution in [0.25, 0.3) is 0 Å². The first-order chi connectivity index (χ1) is 6.05. The Balaban J connectivity index is 0.000000980. The van der Waals surface area contributed by atoms with E-state index in [2.05, 4.69) is 57.0 Å². The van der Waals surface area contributed by atoms with E-state index in [1.54, 1.807) is 0 Å². The van der Waals surface area contributed by atoms with Crippen molar-refractivity contribution in [3.05, 3.63) is 29.8 Å². The van der Waals surface area contributed by atoms with Crippen molar-refractivity contribution in [3.8, 4) is 0 Å². The van der Waals surface area contributed by atoms with Gasteiger partial charge in [0.05, 0.1) is 0 Å². The molecule has 0 bridgehead atoms. The highest BCUT2D eigenvalue weighted by Gasteiger charge is 2.39. The first kappa shape index (κ1) is 11.4. The summed E-state index contributed by atoms with van der Waals surface area (Å²) in [6, 6.07) is 9.29. The SMILES string of the molecule is CC1N(C)c2ccccc2C1(C)C.Cl. The summed E-state index contributed by atoms with van der Waals surface area (Å²) in [5.74, 6) is 0. The minimum absolute atomic E-state index is 0. The molecule has 0 radical (unpaired) electrons. The molecule has 0 saturated carbocycles. The van der Waals surface area contributed by atoms with Gasteiger partial charge in [0.2, 0.25) is 0 Å². The Morgan fingerprint density at radius 3 is 2.36 bits per heavy atom. The van der Waals surface area contributed by atoms with Crippen LogP contribution in [0.3, 0.4) is 0 Å². The molecule has 2 heteroatoms. The highest BCUT2D eigenvalue weighted by Crippen LogP contribution is 2.43. The summed E-state index contributed by atoms with van der Waals surface area (Å²) in [6.07, 6.45) is 0. The fourth-order valence-corrected chi connectivity index (χ4v) is 2.24. The molecule has 14 heavy (non-hydrogen) atoms. The van der Waals surface area contributed by atoms with Gasteiger partial charge in [-0.25, -0.2) is 0 Å². The number of hydrogen-bond acceptors (Lipinski definition) is 1. The van der Waals surface area contributed by atoms with Crippen molar-refractivity contribution in [3.63, 3.8) is 0 Å². The summed E-state index contributed by atoms with van der Waals surface area (Å²) in [5.41, 5.74) is 3.15. The molecular formula is C12H18ClN. The fraction of sp³-hybridized carbons (Fsp3) is 0.500. The molecule has 1 heterocycles. The summed E-state index contributed by atoms with van der Waals surface area (Å²) >= 11 is 0. The van der Waals surface area contributed by atoms with E-state index in [4.69, 9.17) is 0 Å². The standard InChI is InChI=1S/C12H17N.ClH/c1-9-12(2,3)10-7-5-6-8-11(10)13(9)4;/h5-9H,1-4H3;1H. The van der Waals surface area contributed by atoms with Crippen LogP contribution in [0.15, 0.2) is 24.3 Å². The molecule has 1 nitrogen and oxygen atoms in total. The van der Waals surface area contributed by atoms with Crippen LogP contribution < -0.4 is 4.90 Å². The molecule has 0 amide bonds. The van der Waals surface area contributed by atoms with Crippen LogP contribution in [0.1, 0.15) is 26.3 Å². The maximum atomic E-state index is 2.37. The Bertz CT molecular complexity index is 333. The van der Waals surface area contributed by atoms with Crippen LogP contribution in [-0.2, 0) is 5.41 Å². The van der Waals surface area contributed by atoms with Crippen LogP contribution in [0.2, 0.25) is 0 Å². The highest BCUT2D eigenvalue weighted by molar-refractivity contribution is 5.85. The molecule has 0 saturated heterocycles. The van der Waals surface area contributed by atoms with Crippen LogP contribution in [-0.4, -0.2) is 13.1 Å². The predicted molar refractivity (Wildman–Crippen MR) is 64.6 cm³/mol.